The molecule has 0 saturated carbocycles. The molecule has 138 valence electrons. The number of halogens is 1. The molecule has 0 bridgehead atoms. The van der Waals surface area contributed by atoms with Gasteiger partial charge < -0.3 is 10.1 Å². The lowest BCUT2D eigenvalue weighted by Crippen LogP contribution is -2.39. The third kappa shape index (κ3) is 6.04. The number of rotatable bonds is 7. The normalized spacial score (nSPS) is 15.6. The minimum Gasteiger partial charge on any atom is -0.484 e. The zero-order valence-corrected chi connectivity index (χ0v) is 15.6. The van der Waals surface area contributed by atoms with Crippen LogP contribution in [0.3, 0.4) is 0 Å². The molecule has 4 nitrogen and oxygen atoms in total. The summed E-state index contributed by atoms with van der Waals surface area (Å²) in [5, 5.41) is 3.64. The van der Waals surface area contributed by atoms with Gasteiger partial charge in [-0.1, -0.05) is 41.9 Å². The molecule has 2 aromatic rings. The van der Waals surface area contributed by atoms with Gasteiger partial charge >= 0.3 is 0 Å². The number of carbonyl (C=O) groups is 1. The van der Waals surface area contributed by atoms with E-state index in [4.69, 9.17) is 16.3 Å². The highest BCUT2D eigenvalue weighted by atomic mass is 35.5. The minimum absolute atomic E-state index is 0.0362. The second-order valence-corrected chi connectivity index (χ2v) is 7.19. The third-order valence-electron chi connectivity index (χ3n) is 4.73. The van der Waals surface area contributed by atoms with Crippen molar-refractivity contribution >= 4 is 17.5 Å². The first-order valence-electron chi connectivity index (χ1n) is 9.10. The van der Waals surface area contributed by atoms with E-state index >= 15 is 0 Å². The van der Waals surface area contributed by atoms with Crippen molar-refractivity contribution in [2.24, 2.45) is 5.92 Å². The van der Waals surface area contributed by atoms with Gasteiger partial charge in [0.1, 0.15) is 5.75 Å². The first-order valence-corrected chi connectivity index (χ1v) is 9.48. The zero-order chi connectivity index (χ0) is 18.2. The third-order valence-corrected chi connectivity index (χ3v) is 4.98. The molecule has 0 unspecified atom stereocenters. The van der Waals surface area contributed by atoms with E-state index in [2.05, 4.69) is 40.5 Å². The van der Waals surface area contributed by atoms with Gasteiger partial charge in [-0.05, 0) is 61.7 Å². The van der Waals surface area contributed by atoms with Gasteiger partial charge in [-0.3, -0.25) is 9.69 Å². The SMILES string of the molecule is O=C(COc1ccc(Cl)cc1)NCC1CCN(Cc2ccccc2)CC1. The summed E-state index contributed by atoms with van der Waals surface area (Å²) in [6.45, 7) is 3.93. The Morgan fingerprint density at radius 3 is 2.46 bits per heavy atom. The average Bonchev–Trinajstić information content (AvgIpc) is 2.68. The summed E-state index contributed by atoms with van der Waals surface area (Å²) < 4.78 is 5.47. The molecule has 5 heteroatoms. The number of nitrogens with one attached hydrogen (secondary N) is 1. The minimum atomic E-state index is -0.0772. The predicted octanol–water partition coefficient (Wildman–Crippen LogP) is 3.75. The molecule has 1 N–H and O–H groups in total. The van der Waals surface area contributed by atoms with Gasteiger partial charge in [0.05, 0.1) is 0 Å². The van der Waals surface area contributed by atoms with Crippen LogP contribution in [0.4, 0.5) is 0 Å². The molecular weight excluding hydrogens is 348 g/mol. The van der Waals surface area contributed by atoms with Gasteiger partial charge in [0, 0.05) is 18.1 Å². The predicted molar refractivity (Wildman–Crippen MR) is 104 cm³/mol. The maximum absolute atomic E-state index is 12.0. The monoisotopic (exact) mass is 372 g/mol. The molecule has 1 amide bonds. The van der Waals surface area contributed by atoms with E-state index in [9.17, 15) is 4.79 Å². The van der Waals surface area contributed by atoms with Crippen LogP contribution < -0.4 is 10.1 Å². The molecule has 2 aromatic carbocycles. The number of amides is 1. The van der Waals surface area contributed by atoms with Crippen molar-refractivity contribution in [1.29, 1.82) is 0 Å². The molecule has 1 fully saturated rings. The summed E-state index contributed by atoms with van der Waals surface area (Å²) in [6.07, 6.45) is 2.23. The average molecular weight is 373 g/mol. The Bertz CT molecular complexity index is 683. The Labute approximate surface area is 160 Å². The number of likely N-dealkylation sites (tertiary alicyclic amines) is 1. The summed E-state index contributed by atoms with van der Waals surface area (Å²) in [6, 6.07) is 17.6. The lowest BCUT2D eigenvalue weighted by molar-refractivity contribution is -0.123. The fourth-order valence-electron chi connectivity index (χ4n) is 3.18. The molecule has 26 heavy (non-hydrogen) atoms. The molecule has 0 radical (unpaired) electrons. The van der Waals surface area contributed by atoms with Crippen molar-refractivity contribution in [3.05, 3.63) is 65.2 Å². The molecule has 0 spiro atoms. The van der Waals surface area contributed by atoms with Crippen LogP contribution in [0, 0.1) is 5.92 Å². The van der Waals surface area contributed by atoms with Crippen LogP contribution >= 0.6 is 11.6 Å². The van der Waals surface area contributed by atoms with E-state index in [0.29, 0.717) is 16.7 Å². The Balaban J connectivity index is 1.32. The van der Waals surface area contributed by atoms with E-state index in [0.717, 1.165) is 39.0 Å². The number of ether oxygens (including phenoxy) is 1. The van der Waals surface area contributed by atoms with Crippen LogP contribution in [0.5, 0.6) is 5.75 Å². The van der Waals surface area contributed by atoms with Crippen molar-refractivity contribution < 1.29 is 9.53 Å². The number of carbonyl (C=O) groups excluding carboxylic acids is 1. The first kappa shape index (κ1) is 18.7. The lowest BCUT2D eigenvalue weighted by atomic mass is 9.96. The van der Waals surface area contributed by atoms with Gasteiger partial charge in [-0.15, -0.1) is 0 Å². The fourth-order valence-corrected chi connectivity index (χ4v) is 3.31. The van der Waals surface area contributed by atoms with Gasteiger partial charge in [-0.2, -0.15) is 0 Å². The number of hydrogen-bond donors (Lipinski definition) is 1. The summed E-state index contributed by atoms with van der Waals surface area (Å²) in [4.78, 5) is 14.4. The van der Waals surface area contributed by atoms with E-state index in [-0.39, 0.29) is 12.5 Å². The van der Waals surface area contributed by atoms with Gasteiger partial charge in [0.25, 0.3) is 5.91 Å². The number of hydrogen-bond acceptors (Lipinski definition) is 3. The van der Waals surface area contributed by atoms with Gasteiger partial charge in [-0.25, -0.2) is 0 Å². The highest BCUT2D eigenvalue weighted by Gasteiger charge is 2.19. The summed E-state index contributed by atoms with van der Waals surface area (Å²) in [7, 11) is 0. The second-order valence-electron chi connectivity index (χ2n) is 6.75. The highest BCUT2D eigenvalue weighted by Crippen LogP contribution is 2.18. The van der Waals surface area contributed by atoms with Crippen molar-refractivity contribution in [3.63, 3.8) is 0 Å². The Morgan fingerprint density at radius 1 is 1.08 bits per heavy atom. The largest absolute Gasteiger partial charge is 0.484 e. The van der Waals surface area contributed by atoms with Crippen LogP contribution in [0.1, 0.15) is 18.4 Å². The molecule has 0 aliphatic carbocycles. The fraction of sp³-hybridized carbons (Fsp3) is 0.381. The number of piperidine rings is 1. The molecule has 0 aromatic heterocycles. The van der Waals surface area contributed by atoms with Crippen LogP contribution in [-0.4, -0.2) is 37.0 Å². The standard InChI is InChI=1S/C21H25ClN2O2/c22-19-6-8-20(9-7-19)26-16-21(25)23-14-17-10-12-24(13-11-17)15-18-4-2-1-3-5-18/h1-9,17H,10-16H2,(H,23,25). The van der Waals surface area contributed by atoms with Crippen LogP contribution in [0.25, 0.3) is 0 Å². The topological polar surface area (TPSA) is 41.6 Å². The van der Waals surface area contributed by atoms with Crippen LogP contribution in [-0.2, 0) is 11.3 Å². The van der Waals surface area contributed by atoms with Crippen LogP contribution in [0.15, 0.2) is 54.6 Å². The van der Waals surface area contributed by atoms with E-state index in [1.165, 1.54) is 5.56 Å². The Morgan fingerprint density at radius 2 is 1.77 bits per heavy atom. The van der Waals surface area contributed by atoms with Crippen molar-refractivity contribution in [1.82, 2.24) is 10.2 Å². The number of nitrogens with zero attached hydrogens (tertiary/aromatic N) is 1. The Kier molecular flexibility index (Phi) is 6.92. The second kappa shape index (κ2) is 9.60. The molecule has 1 aliphatic heterocycles. The zero-order valence-electron chi connectivity index (χ0n) is 14.9. The Hall–Kier alpha value is -2.04. The maximum Gasteiger partial charge on any atom is 0.257 e. The summed E-state index contributed by atoms with van der Waals surface area (Å²) in [5.74, 6) is 1.12. The smallest absolute Gasteiger partial charge is 0.257 e. The number of benzene rings is 2. The van der Waals surface area contributed by atoms with E-state index in [1.54, 1.807) is 24.3 Å². The van der Waals surface area contributed by atoms with Crippen LogP contribution in [0.2, 0.25) is 5.02 Å². The van der Waals surface area contributed by atoms with Crippen molar-refractivity contribution in [3.8, 4) is 5.75 Å². The lowest BCUT2D eigenvalue weighted by Gasteiger charge is -2.32. The molecular formula is C21H25ClN2O2. The van der Waals surface area contributed by atoms with Crippen molar-refractivity contribution in [2.75, 3.05) is 26.2 Å². The van der Waals surface area contributed by atoms with E-state index in [1.807, 2.05) is 0 Å². The highest BCUT2D eigenvalue weighted by molar-refractivity contribution is 6.30. The first-order chi connectivity index (χ1) is 12.7. The molecule has 1 heterocycles. The van der Waals surface area contributed by atoms with Gasteiger partial charge in [0.15, 0.2) is 6.61 Å². The van der Waals surface area contributed by atoms with Gasteiger partial charge in [0.2, 0.25) is 0 Å². The quantitative estimate of drug-likeness (QED) is 0.804. The van der Waals surface area contributed by atoms with E-state index < -0.39 is 0 Å². The molecule has 1 aliphatic rings. The molecule has 3 rings (SSSR count). The maximum atomic E-state index is 12.0. The van der Waals surface area contributed by atoms with Crippen molar-refractivity contribution in [2.45, 2.75) is 19.4 Å². The summed E-state index contributed by atoms with van der Waals surface area (Å²) in [5.41, 5.74) is 1.36. The molecule has 1 saturated heterocycles. The molecule has 0 atom stereocenters. The summed E-state index contributed by atoms with van der Waals surface area (Å²) >= 11 is 5.83.